The zero-order chi connectivity index (χ0) is 16.1. The van der Waals surface area contributed by atoms with Crippen LogP contribution in [0.1, 0.15) is 17.3 Å². The molecule has 2 aromatic carbocycles. The average molecular weight is 322 g/mol. The number of ketones is 1. The van der Waals surface area contributed by atoms with Crippen LogP contribution >= 0.6 is 11.8 Å². The van der Waals surface area contributed by atoms with Gasteiger partial charge in [0.1, 0.15) is 0 Å². The number of carbonyl (C=O) groups is 1. The number of nitrogens with zero attached hydrogens (tertiary/aromatic N) is 2. The van der Waals surface area contributed by atoms with E-state index >= 15 is 0 Å². The van der Waals surface area contributed by atoms with E-state index in [1.54, 1.807) is 0 Å². The molecule has 0 bridgehead atoms. The summed E-state index contributed by atoms with van der Waals surface area (Å²) in [6.45, 7) is 2.92. The molecule has 3 rings (SSSR count). The number of thioether (sulfide) groups is 1. The van der Waals surface area contributed by atoms with E-state index in [1.807, 2.05) is 54.7 Å². The van der Waals surface area contributed by atoms with Gasteiger partial charge in [0.15, 0.2) is 10.9 Å². The zero-order valence-electron chi connectivity index (χ0n) is 13.0. The summed E-state index contributed by atoms with van der Waals surface area (Å²) in [6.07, 6.45) is 1.88. The van der Waals surface area contributed by atoms with Crippen LogP contribution in [0.5, 0.6) is 0 Å². The molecule has 3 aromatic rings. The summed E-state index contributed by atoms with van der Waals surface area (Å²) in [5.41, 5.74) is 2.98. The van der Waals surface area contributed by atoms with Gasteiger partial charge in [-0.15, -0.1) is 0 Å². The first-order valence-electron chi connectivity index (χ1n) is 7.61. The molecule has 116 valence electrons. The number of imidazole rings is 1. The fourth-order valence-electron chi connectivity index (χ4n) is 2.46. The van der Waals surface area contributed by atoms with Gasteiger partial charge in [-0.05, 0) is 12.5 Å². The van der Waals surface area contributed by atoms with E-state index in [1.165, 1.54) is 11.8 Å². The van der Waals surface area contributed by atoms with Gasteiger partial charge < -0.3 is 4.57 Å². The van der Waals surface area contributed by atoms with Gasteiger partial charge in [0.25, 0.3) is 0 Å². The van der Waals surface area contributed by atoms with Crippen molar-refractivity contribution >= 4 is 17.5 Å². The lowest BCUT2D eigenvalue weighted by Gasteiger charge is -2.09. The molecule has 0 aliphatic carbocycles. The van der Waals surface area contributed by atoms with Crippen molar-refractivity contribution in [3.63, 3.8) is 0 Å². The second kappa shape index (κ2) is 7.29. The molecule has 0 N–H and O–H groups in total. The average Bonchev–Trinajstić information content (AvgIpc) is 3.04. The van der Waals surface area contributed by atoms with Crippen LogP contribution in [0, 0.1) is 0 Å². The van der Waals surface area contributed by atoms with Crippen LogP contribution in [0.3, 0.4) is 0 Å². The highest BCUT2D eigenvalue weighted by molar-refractivity contribution is 7.99. The lowest BCUT2D eigenvalue weighted by atomic mass is 10.2. The van der Waals surface area contributed by atoms with Crippen LogP contribution < -0.4 is 0 Å². The monoisotopic (exact) mass is 322 g/mol. The Morgan fingerprint density at radius 2 is 1.70 bits per heavy atom. The Morgan fingerprint density at radius 1 is 1.04 bits per heavy atom. The smallest absolute Gasteiger partial charge is 0.173 e. The number of aromatic nitrogens is 2. The highest BCUT2D eigenvalue weighted by atomic mass is 32.2. The van der Waals surface area contributed by atoms with Gasteiger partial charge in [-0.25, -0.2) is 4.98 Å². The molecule has 0 aliphatic rings. The van der Waals surface area contributed by atoms with Crippen molar-refractivity contribution in [1.29, 1.82) is 0 Å². The standard InChI is InChI=1S/C19H18N2OS/c1-2-21-17(15-9-5-3-6-10-15)13-20-19(21)23-14-18(22)16-11-7-4-8-12-16/h3-13H,2,14H2,1H3. The quantitative estimate of drug-likeness (QED) is 0.493. The number of hydrogen-bond donors (Lipinski definition) is 0. The lowest BCUT2D eigenvalue weighted by Crippen LogP contribution is -2.05. The predicted molar refractivity (Wildman–Crippen MR) is 94.8 cm³/mol. The minimum atomic E-state index is 0.127. The van der Waals surface area contributed by atoms with Crippen LogP contribution in [0.4, 0.5) is 0 Å². The van der Waals surface area contributed by atoms with Crippen molar-refractivity contribution < 1.29 is 4.79 Å². The summed E-state index contributed by atoms with van der Waals surface area (Å²) < 4.78 is 2.15. The summed E-state index contributed by atoms with van der Waals surface area (Å²) in [7, 11) is 0. The summed E-state index contributed by atoms with van der Waals surface area (Å²) in [5.74, 6) is 0.525. The summed E-state index contributed by atoms with van der Waals surface area (Å²) in [6, 6.07) is 19.6. The maximum absolute atomic E-state index is 12.2. The van der Waals surface area contributed by atoms with Crippen molar-refractivity contribution in [2.24, 2.45) is 0 Å². The SMILES string of the molecule is CCn1c(-c2ccccc2)cnc1SCC(=O)c1ccccc1. The fraction of sp³-hybridized carbons (Fsp3) is 0.158. The third-order valence-corrected chi connectivity index (χ3v) is 4.62. The van der Waals surface area contributed by atoms with E-state index in [-0.39, 0.29) is 5.78 Å². The molecule has 0 fully saturated rings. The van der Waals surface area contributed by atoms with Crippen LogP contribution in [-0.2, 0) is 6.54 Å². The summed E-state index contributed by atoms with van der Waals surface area (Å²) in [4.78, 5) is 16.7. The van der Waals surface area contributed by atoms with Crippen LogP contribution in [-0.4, -0.2) is 21.1 Å². The molecule has 0 saturated heterocycles. The Labute approximate surface area is 140 Å². The Hall–Kier alpha value is -2.33. The molecule has 0 atom stereocenters. The van der Waals surface area contributed by atoms with E-state index in [4.69, 9.17) is 0 Å². The van der Waals surface area contributed by atoms with Gasteiger partial charge in [0.05, 0.1) is 17.6 Å². The number of rotatable bonds is 6. The molecule has 1 heterocycles. The van der Waals surface area contributed by atoms with Gasteiger partial charge in [0, 0.05) is 12.1 Å². The first-order chi connectivity index (χ1) is 11.3. The molecule has 0 aliphatic heterocycles. The second-order valence-electron chi connectivity index (χ2n) is 5.11. The third kappa shape index (κ3) is 3.54. The topological polar surface area (TPSA) is 34.9 Å². The van der Waals surface area contributed by atoms with Crippen LogP contribution in [0.15, 0.2) is 72.0 Å². The molecule has 4 heteroatoms. The van der Waals surface area contributed by atoms with Crippen LogP contribution in [0.2, 0.25) is 0 Å². The molecule has 0 amide bonds. The fourth-order valence-corrected chi connectivity index (χ4v) is 3.39. The van der Waals surface area contributed by atoms with Crippen molar-refractivity contribution in [1.82, 2.24) is 9.55 Å². The molecular formula is C19H18N2OS. The first kappa shape index (κ1) is 15.6. The molecule has 0 saturated carbocycles. The Kier molecular flexibility index (Phi) is 4.93. The molecule has 23 heavy (non-hydrogen) atoms. The summed E-state index contributed by atoms with van der Waals surface area (Å²) in [5, 5.41) is 0.885. The van der Waals surface area contributed by atoms with E-state index in [2.05, 4.69) is 28.6 Å². The minimum Gasteiger partial charge on any atom is -0.319 e. The van der Waals surface area contributed by atoms with E-state index in [9.17, 15) is 4.79 Å². The molecule has 1 aromatic heterocycles. The van der Waals surface area contributed by atoms with Gasteiger partial charge >= 0.3 is 0 Å². The maximum atomic E-state index is 12.2. The third-order valence-electron chi connectivity index (χ3n) is 3.63. The number of carbonyl (C=O) groups excluding carboxylic acids is 1. The normalized spacial score (nSPS) is 10.7. The molecule has 0 spiro atoms. The molecule has 0 radical (unpaired) electrons. The Morgan fingerprint density at radius 3 is 2.35 bits per heavy atom. The van der Waals surface area contributed by atoms with E-state index in [0.29, 0.717) is 5.75 Å². The lowest BCUT2D eigenvalue weighted by molar-refractivity contribution is 0.102. The minimum absolute atomic E-state index is 0.127. The largest absolute Gasteiger partial charge is 0.319 e. The molecule has 3 nitrogen and oxygen atoms in total. The van der Waals surface area contributed by atoms with Crippen molar-refractivity contribution in [3.8, 4) is 11.3 Å². The van der Waals surface area contributed by atoms with Gasteiger partial charge in [-0.2, -0.15) is 0 Å². The second-order valence-corrected chi connectivity index (χ2v) is 6.06. The van der Waals surface area contributed by atoms with Crippen molar-refractivity contribution in [2.45, 2.75) is 18.6 Å². The Bertz CT molecular complexity index is 782. The highest BCUT2D eigenvalue weighted by Crippen LogP contribution is 2.26. The summed E-state index contributed by atoms with van der Waals surface area (Å²) >= 11 is 1.49. The number of benzene rings is 2. The molecule has 0 unspecified atom stereocenters. The van der Waals surface area contributed by atoms with E-state index in [0.717, 1.165) is 28.5 Å². The van der Waals surface area contributed by atoms with Crippen LogP contribution in [0.25, 0.3) is 11.3 Å². The Balaban J connectivity index is 1.76. The highest BCUT2D eigenvalue weighted by Gasteiger charge is 2.13. The van der Waals surface area contributed by atoms with Gasteiger partial charge in [-0.3, -0.25) is 4.79 Å². The van der Waals surface area contributed by atoms with Gasteiger partial charge in [0.2, 0.25) is 0 Å². The predicted octanol–water partition coefficient (Wildman–Crippen LogP) is 4.55. The van der Waals surface area contributed by atoms with Crippen molar-refractivity contribution in [3.05, 3.63) is 72.4 Å². The number of Topliss-reactive ketones (excluding diaryl/α,β-unsaturated/α-hetero) is 1. The zero-order valence-corrected chi connectivity index (χ0v) is 13.8. The number of hydrogen-bond acceptors (Lipinski definition) is 3. The first-order valence-corrected chi connectivity index (χ1v) is 8.60. The van der Waals surface area contributed by atoms with E-state index < -0.39 is 0 Å². The maximum Gasteiger partial charge on any atom is 0.173 e. The van der Waals surface area contributed by atoms with Gasteiger partial charge in [-0.1, -0.05) is 72.4 Å². The molecular weight excluding hydrogens is 304 g/mol. The van der Waals surface area contributed by atoms with Crippen molar-refractivity contribution in [2.75, 3.05) is 5.75 Å².